The number of hydrogen-bond donors (Lipinski definition) is 1. The molecular weight excluding hydrogens is 310 g/mol. The number of nitrogens with two attached hydrogens (primary N) is 1. The molecule has 0 unspecified atom stereocenters. The van der Waals surface area contributed by atoms with Crippen molar-refractivity contribution >= 4 is 5.69 Å². The Bertz CT molecular complexity index is 977. The van der Waals surface area contributed by atoms with Gasteiger partial charge in [0.25, 0.3) is 0 Å². The SMILES string of the molecule is Nc1cc(-c2ccccc2)ccc1-c1nnnn1Cc1ccccc1. The molecule has 5 nitrogen and oxygen atoms in total. The fraction of sp³-hybridized carbons (Fsp3) is 0.0500. The zero-order valence-electron chi connectivity index (χ0n) is 13.6. The molecular formula is C20H17N5. The molecule has 0 saturated heterocycles. The number of nitrogens with zero attached hydrogens (tertiary/aromatic N) is 4. The molecule has 5 heteroatoms. The van der Waals surface area contributed by atoms with Gasteiger partial charge in [-0.25, -0.2) is 4.68 Å². The molecule has 4 rings (SSSR count). The highest BCUT2D eigenvalue weighted by Gasteiger charge is 2.13. The maximum Gasteiger partial charge on any atom is 0.184 e. The lowest BCUT2D eigenvalue weighted by molar-refractivity contribution is 0.653. The average Bonchev–Trinajstić information content (AvgIpc) is 3.11. The van der Waals surface area contributed by atoms with Crippen molar-refractivity contribution in [3.05, 3.63) is 84.4 Å². The van der Waals surface area contributed by atoms with E-state index in [0.29, 0.717) is 18.1 Å². The van der Waals surface area contributed by atoms with Gasteiger partial charge in [-0.2, -0.15) is 0 Å². The van der Waals surface area contributed by atoms with Crippen LogP contribution in [0.25, 0.3) is 22.5 Å². The maximum atomic E-state index is 6.30. The largest absolute Gasteiger partial charge is 0.398 e. The van der Waals surface area contributed by atoms with Crippen molar-refractivity contribution < 1.29 is 0 Å². The summed E-state index contributed by atoms with van der Waals surface area (Å²) in [7, 11) is 0. The van der Waals surface area contributed by atoms with Gasteiger partial charge >= 0.3 is 0 Å². The summed E-state index contributed by atoms with van der Waals surface area (Å²) in [6, 6.07) is 26.2. The van der Waals surface area contributed by atoms with Crippen LogP contribution in [-0.4, -0.2) is 20.2 Å². The summed E-state index contributed by atoms with van der Waals surface area (Å²) in [4.78, 5) is 0. The molecule has 0 radical (unpaired) electrons. The van der Waals surface area contributed by atoms with Gasteiger partial charge in [0, 0.05) is 11.3 Å². The number of benzene rings is 3. The second kappa shape index (κ2) is 6.57. The lowest BCUT2D eigenvalue weighted by Gasteiger charge is -2.09. The van der Waals surface area contributed by atoms with Crippen LogP contribution in [0, 0.1) is 0 Å². The second-order valence-electron chi connectivity index (χ2n) is 5.81. The summed E-state index contributed by atoms with van der Waals surface area (Å²) in [6.45, 7) is 0.600. The van der Waals surface area contributed by atoms with E-state index in [9.17, 15) is 0 Å². The third kappa shape index (κ3) is 3.12. The first kappa shape index (κ1) is 15.1. The van der Waals surface area contributed by atoms with E-state index in [-0.39, 0.29) is 0 Å². The van der Waals surface area contributed by atoms with E-state index >= 15 is 0 Å². The quantitative estimate of drug-likeness (QED) is 0.581. The lowest BCUT2D eigenvalue weighted by Crippen LogP contribution is -2.05. The van der Waals surface area contributed by atoms with E-state index in [1.807, 2.05) is 66.7 Å². The highest BCUT2D eigenvalue weighted by atomic mass is 15.5. The highest BCUT2D eigenvalue weighted by molar-refractivity contribution is 5.78. The van der Waals surface area contributed by atoms with Crippen LogP contribution < -0.4 is 5.73 Å². The maximum absolute atomic E-state index is 6.30. The molecule has 0 atom stereocenters. The van der Waals surface area contributed by atoms with Crippen LogP contribution in [0.1, 0.15) is 5.56 Å². The fourth-order valence-electron chi connectivity index (χ4n) is 2.84. The predicted molar refractivity (Wildman–Crippen MR) is 98.6 cm³/mol. The van der Waals surface area contributed by atoms with E-state index in [2.05, 4.69) is 27.7 Å². The van der Waals surface area contributed by atoms with Crippen molar-refractivity contribution in [2.24, 2.45) is 0 Å². The first-order valence-corrected chi connectivity index (χ1v) is 8.07. The first-order chi connectivity index (χ1) is 12.3. The Hall–Kier alpha value is -3.47. The number of tetrazole rings is 1. The van der Waals surface area contributed by atoms with Crippen LogP contribution in [0.4, 0.5) is 5.69 Å². The van der Waals surface area contributed by atoms with Crippen LogP contribution in [0.15, 0.2) is 78.9 Å². The summed E-state index contributed by atoms with van der Waals surface area (Å²) in [5.74, 6) is 0.668. The summed E-state index contributed by atoms with van der Waals surface area (Å²) < 4.78 is 1.77. The molecule has 0 spiro atoms. The molecule has 3 aromatic carbocycles. The number of aromatic nitrogens is 4. The van der Waals surface area contributed by atoms with Gasteiger partial charge < -0.3 is 5.73 Å². The van der Waals surface area contributed by atoms with E-state index in [0.717, 1.165) is 22.3 Å². The Morgan fingerprint density at radius 3 is 2.24 bits per heavy atom. The molecule has 2 N–H and O–H groups in total. The minimum Gasteiger partial charge on any atom is -0.398 e. The van der Waals surface area contributed by atoms with Gasteiger partial charge in [0.1, 0.15) is 0 Å². The lowest BCUT2D eigenvalue weighted by atomic mass is 10.0. The number of anilines is 1. The van der Waals surface area contributed by atoms with Gasteiger partial charge in [-0.05, 0) is 39.2 Å². The summed E-state index contributed by atoms with van der Waals surface area (Å²) in [5.41, 5.74) is 11.1. The summed E-state index contributed by atoms with van der Waals surface area (Å²) >= 11 is 0. The molecule has 0 bridgehead atoms. The molecule has 4 aromatic rings. The molecule has 1 aromatic heterocycles. The third-order valence-corrected chi connectivity index (χ3v) is 4.11. The monoisotopic (exact) mass is 327 g/mol. The van der Waals surface area contributed by atoms with E-state index in [4.69, 9.17) is 5.73 Å². The molecule has 122 valence electrons. The van der Waals surface area contributed by atoms with Crippen molar-refractivity contribution in [1.29, 1.82) is 0 Å². The van der Waals surface area contributed by atoms with Crippen LogP contribution in [-0.2, 0) is 6.54 Å². The molecule has 25 heavy (non-hydrogen) atoms. The Morgan fingerprint density at radius 2 is 1.52 bits per heavy atom. The minimum absolute atomic E-state index is 0.600. The Kier molecular flexibility index (Phi) is 3.96. The molecule has 0 saturated carbocycles. The van der Waals surface area contributed by atoms with Crippen LogP contribution in [0.2, 0.25) is 0 Å². The standard InChI is InChI=1S/C20H17N5/c21-19-13-17(16-9-5-2-6-10-16)11-12-18(19)20-22-23-24-25(20)14-15-7-3-1-4-8-15/h1-13H,14,21H2. The third-order valence-electron chi connectivity index (χ3n) is 4.11. The molecule has 0 aliphatic rings. The number of hydrogen-bond acceptors (Lipinski definition) is 4. The Labute approximate surface area is 145 Å². The van der Waals surface area contributed by atoms with E-state index in [1.165, 1.54) is 0 Å². The Balaban J connectivity index is 1.68. The smallest absolute Gasteiger partial charge is 0.184 e. The van der Waals surface area contributed by atoms with Crippen molar-refractivity contribution in [3.8, 4) is 22.5 Å². The first-order valence-electron chi connectivity index (χ1n) is 8.07. The normalized spacial score (nSPS) is 10.7. The molecule has 1 heterocycles. The Morgan fingerprint density at radius 1 is 0.800 bits per heavy atom. The summed E-state index contributed by atoms with van der Waals surface area (Å²) in [5, 5.41) is 12.1. The zero-order valence-corrected chi connectivity index (χ0v) is 13.6. The van der Waals surface area contributed by atoms with Crippen molar-refractivity contribution in [3.63, 3.8) is 0 Å². The van der Waals surface area contributed by atoms with Gasteiger partial charge in [-0.1, -0.05) is 66.7 Å². The van der Waals surface area contributed by atoms with E-state index < -0.39 is 0 Å². The minimum atomic E-state index is 0.600. The van der Waals surface area contributed by atoms with E-state index in [1.54, 1.807) is 4.68 Å². The topological polar surface area (TPSA) is 69.6 Å². The van der Waals surface area contributed by atoms with Crippen LogP contribution >= 0.6 is 0 Å². The molecule has 0 fully saturated rings. The second-order valence-corrected chi connectivity index (χ2v) is 5.81. The molecule has 0 aliphatic carbocycles. The highest BCUT2D eigenvalue weighted by Crippen LogP contribution is 2.29. The predicted octanol–water partition coefficient (Wildman–Crippen LogP) is 3.64. The van der Waals surface area contributed by atoms with Gasteiger partial charge in [-0.15, -0.1) is 5.10 Å². The fourth-order valence-corrected chi connectivity index (χ4v) is 2.84. The van der Waals surface area contributed by atoms with Crippen LogP contribution in [0.5, 0.6) is 0 Å². The number of nitrogen functional groups attached to an aromatic ring is 1. The molecule has 0 aliphatic heterocycles. The molecule has 0 amide bonds. The van der Waals surface area contributed by atoms with Gasteiger partial charge in [0.05, 0.1) is 6.54 Å². The number of rotatable bonds is 4. The van der Waals surface area contributed by atoms with Crippen LogP contribution in [0.3, 0.4) is 0 Å². The van der Waals surface area contributed by atoms with Crippen molar-refractivity contribution in [2.45, 2.75) is 6.54 Å². The van der Waals surface area contributed by atoms with Gasteiger partial charge in [-0.3, -0.25) is 0 Å². The van der Waals surface area contributed by atoms with Crippen molar-refractivity contribution in [1.82, 2.24) is 20.2 Å². The zero-order chi connectivity index (χ0) is 17.1. The van der Waals surface area contributed by atoms with Gasteiger partial charge in [0.15, 0.2) is 5.82 Å². The summed E-state index contributed by atoms with van der Waals surface area (Å²) in [6.07, 6.45) is 0. The van der Waals surface area contributed by atoms with Gasteiger partial charge in [0.2, 0.25) is 0 Å². The van der Waals surface area contributed by atoms with Crippen molar-refractivity contribution in [2.75, 3.05) is 5.73 Å². The average molecular weight is 327 g/mol.